The Morgan fingerprint density at radius 3 is 2.44 bits per heavy atom. The van der Waals surface area contributed by atoms with Gasteiger partial charge in [-0.1, -0.05) is 39.5 Å². The Labute approximate surface area is 99.0 Å². The van der Waals surface area contributed by atoms with Gasteiger partial charge in [-0.15, -0.1) is 0 Å². The van der Waals surface area contributed by atoms with E-state index in [0.717, 1.165) is 25.1 Å². The lowest BCUT2D eigenvalue weighted by atomic mass is 10.0. The molecule has 0 aliphatic heterocycles. The Bertz CT molecular complexity index is 315. The summed E-state index contributed by atoms with van der Waals surface area (Å²) in [5.74, 6) is 0.854. The van der Waals surface area contributed by atoms with Gasteiger partial charge < -0.3 is 5.73 Å². The van der Waals surface area contributed by atoms with E-state index < -0.39 is 0 Å². The van der Waals surface area contributed by atoms with Gasteiger partial charge in [0.15, 0.2) is 0 Å². The number of aryl methyl sites for hydroxylation is 2. The third kappa shape index (κ3) is 3.26. The van der Waals surface area contributed by atoms with Crippen LogP contribution in [-0.2, 0) is 19.9 Å². The minimum atomic E-state index is 0.854. The highest BCUT2D eigenvalue weighted by molar-refractivity contribution is 5.43. The predicted octanol–water partition coefficient (Wildman–Crippen LogP) is 3.08. The first-order valence-electron chi connectivity index (χ1n) is 6.50. The SMILES string of the molecule is CCCCCCc1nn(C)c(N)c1CCC. The van der Waals surface area contributed by atoms with E-state index in [2.05, 4.69) is 18.9 Å². The lowest BCUT2D eigenvalue weighted by Gasteiger charge is -2.01. The van der Waals surface area contributed by atoms with Crippen LogP contribution in [0, 0.1) is 0 Å². The molecule has 1 rings (SSSR count). The predicted molar refractivity (Wildman–Crippen MR) is 69.5 cm³/mol. The molecule has 16 heavy (non-hydrogen) atoms. The van der Waals surface area contributed by atoms with Crippen LogP contribution in [0.4, 0.5) is 5.82 Å². The van der Waals surface area contributed by atoms with E-state index in [1.807, 2.05) is 11.7 Å². The van der Waals surface area contributed by atoms with Crippen LogP contribution in [0.1, 0.15) is 57.2 Å². The minimum absolute atomic E-state index is 0.854. The quantitative estimate of drug-likeness (QED) is 0.722. The third-order valence-electron chi connectivity index (χ3n) is 3.04. The van der Waals surface area contributed by atoms with Gasteiger partial charge in [-0.25, -0.2) is 0 Å². The van der Waals surface area contributed by atoms with Gasteiger partial charge in [0.2, 0.25) is 0 Å². The zero-order valence-electron chi connectivity index (χ0n) is 10.9. The number of nitrogens with zero attached hydrogens (tertiary/aromatic N) is 2. The fourth-order valence-electron chi connectivity index (χ4n) is 2.08. The minimum Gasteiger partial charge on any atom is -0.384 e. The Hall–Kier alpha value is -0.990. The Morgan fingerprint density at radius 1 is 1.06 bits per heavy atom. The molecule has 0 atom stereocenters. The first-order valence-corrected chi connectivity index (χ1v) is 6.50. The van der Waals surface area contributed by atoms with Crippen LogP contribution >= 0.6 is 0 Å². The van der Waals surface area contributed by atoms with E-state index in [0.29, 0.717) is 0 Å². The molecular weight excluding hydrogens is 198 g/mol. The molecule has 0 bridgehead atoms. The lowest BCUT2D eigenvalue weighted by molar-refractivity contribution is 0.648. The van der Waals surface area contributed by atoms with Crippen molar-refractivity contribution in [3.8, 4) is 0 Å². The number of hydrogen-bond acceptors (Lipinski definition) is 2. The van der Waals surface area contributed by atoms with Crippen molar-refractivity contribution in [3.63, 3.8) is 0 Å². The summed E-state index contributed by atoms with van der Waals surface area (Å²) in [5, 5.41) is 4.52. The van der Waals surface area contributed by atoms with Crippen molar-refractivity contribution in [2.75, 3.05) is 5.73 Å². The Kier molecular flexibility index (Phi) is 5.36. The van der Waals surface area contributed by atoms with Gasteiger partial charge in [-0.05, 0) is 19.3 Å². The van der Waals surface area contributed by atoms with E-state index in [9.17, 15) is 0 Å². The van der Waals surface area contributed by atoms with Crippen LogP contribution in [0.15, 0.2) is 0 Å². The van der Waals surface area contributed by atoms with E-state index in [1.54, 1.807) is 0 Å². The smallest absolute Gasteiger partial charge is 0.124 e. The van der Waals surface area contributed by atoms with Gasteiger partial charge in [-0.3, -0.25) is 4.68 Å². The van der Waals surface area contributed by atoms with E-state index in [4.69, 9.17) is 5.73 Å². The zero-order valence-corrected chi connectivity index (χ0v) is 10.9. The molecule has 0 aliphatic rings. The Balaban J connectivity index is 2.60. The van der Waals surface area contributed by atoms with Crippen LogP contribution in [0.25, 0.3) is 0 Å². The van der Waals surface area contributed by atoms with Gasteiger partial charge in [0.25, 0.3) is 0 Å². The highest BCUT2D eigenvalue weighted by atomic mass is 15.3. The second kappa shape index (κ2) is 6.56. The molecule has 0 spiro atoms. The molecule has 0 aromatic carbocycles. The molecule has 1 heterocycles. The number of rotatable bonds is 7. The summed E-state index contributed by atoms with van der Waals surface area (Å²) in [5.41, 5.74) is 8.52. The van der Waals surface area contributed by atoms with Crippen molar-refractivity contribution in [3.05, 3.63) is 11.3 Å². The number of unbranched alkanes of at least 4 members (excludes halogenated alkanes) is 3. The van der Waals surface area contributed by atoms with Crippen LogP contribution in [0.5, 0.6) is 0 Å². The monoisotopic (exact) mass is 223 g/mol. The second-order valence-corrected chi connectivity index (χ2v) is 4.49. The molecule has 0 fully saturated rings. The average molecular weight is 223 g/mol. The molecule has 92 valence electrons. The molecule has 2 N–H and O–H groups in total. The van der Waals surface area contributed by atoms with Crippen molar-refractivity contribution in [2.45, 2.75) is 58.8 Å². The van der Waals surface area contributed by atoms with Crippen LogP contribution in [0.3, 0.4) is 0 Å². The summed E-state index contributed by atoms with van der Waals surface area (Å²) < 4.78 is 1.82. The second-order valence-electron chi connectivity index (χ2n) is 4.49. The molecule has 3 heteroatoms. The van der Waals surface area contributed by atoms with Gasteiger partial charge in [0.1, 0.15) is 5.82 Å². The summed E-state index contributed by atoms with van der Waals surface area (Å²) in [6, 6.07) is 0. The molecule has 1 aromatic rings. The van der Waals surface area contributed by atoms with E-state index in [-0.39, 0.29) is 0 Å². The molecule has 0 saturated carbocycles. The molecular formula is C13H25N3. The molecule has 3 nitrogen and oxygen atoms in total. The number of aromatic nitrogens is 2. The summed E-state index contributed by atoms with van der Waals surface area (Å²) in [4.78, 5) is 0. The molecule has 0 amide bonds. The van der Waals surface area contributed by atoms with Crippen LogP contribution in [-0.4, -0.2) is 9.78 Å². The van der Waals surface area contributed by atoms with Crippen molar-refractivity contribution >= 4 is 5.82 Å². The molecule has 0 saturated heterocycles. The topological polar surface area (TPSA) is 43.8 Å². The number of nitrogens with two attached hydrogens (primary N) is 1. The Morgan fingerprint density at radius 2 is 1.81 bits per heavy atom. The largest absolute Gasteiger partial charge is 0.384 e. The van der Waals surface area contributed by atoms with E-state index in [1.165, 1.54) is 36.9 Å². The molecule has 0 aliphatic carbocycles. The fourth-order valence-corrected chi connectivity index (χ4v) is 2.08. The maximum absolute atomic E-state index is 6.02. The molecule has 1 aromatic heterocycles. The number of anilines is 1. The van der Waals surface area contributed by atoms with Crippen molar-refractivity contribution in [2.24, 2.45) is 7.05 Å². The molecule has 0 unspecified atom stereocenters. The normalized spacial score (nSPS) is 10.9. The number of nitrogen functional groups attached to an aromatic ring is 1. The van der Waals surface area contributed by atoms with E-state index >= 15 is 0 Å². The lowest BCUT2D eigenvalue weighted by Crippen LogP contribution is -1.99. The van der Waals surface area contributed by atoms with Crippen LogP contribution in [0.2, 0.25) is 0 Å². The van der Waals surface area contributed by atoms with Crippen molar-refractivity contribution < 1.29 is 0 Å². The van der Waals surface area contributed by atoms with Crippen LogP contribution < -0.4 is 5.73 Å². The first kappa shape index (κ1) is 13.1. The standard InChI is InChI=1S/C13H25N3/c1-4-6-7-8-10-12-11(9-5-2)13(14)16(3)15-12/h4-10,14H2,1-3H3. The summed E-state index contributed by atoms with van der Waals surface area (Å²) in [6.07, 6.45) is 8.43. The summed E-state index contributed by atoms with van der Waals surface area (Å²) in [7, 11) is 1.93. The summed E-state index contributed by atoms with van der Waals surface area (Å²) in [6.45, 7) is 4.43. The van der Waals surface area contributed by atoms with Gasteiger partial charge in [0.05, 0.1) is 5.69 Å². The zero-order chi connectivity index (χ0) is 12.0. The van der Waals surface area contributed by atoms with Gasteiger partial charge >= 0.3 is 0 Å². The van der Waals surface area contributed by atoms with Gasteiger partial charge in [-0.2, -0.15) is 5.10 Å². The third-order valence-corrected chi connectivity index (χ3v) is 3.04. The first-order chi connectivity index (χ1) is 7.70. The average Bonchev–Trinajstić information content (AvgIpc) is 2.53. The summed E-state index contributed by atoms with van der Waals surface area (Å²) >= 11 is 0. The van der Waals surface area contributed by atoms with Gasteiger partial charge in [0, 0.05) is 12.6 Å². The molecule has 0 radical (unpaired) electrons. The highest BCUT2D eigenvalue weighted by Crippen LogP contribution is 2.20. The maximum Gasteiger partial charge on any atom is 0.124 e. The fraction of sp³-hybridized carbons (Fsp3) is 0.769. The van der Waals surface area contributed by atoms with Crippen molar-refractivity contribution in [1.29, 1.82) is 0 Å². The maximum atomic E-state index is 6.02. The van der Waals surface area contributed by atoms with Crippen molar-refractivity contribution in [1.82, 2.24) is 9.78 Å². The highest BCUT2D eigenvalue weighted by Gasteiger charge is 2.12. The number of hydrogen-bond donors (Lipinski definition) is 1.